The molecule has 8 heteroatoms. The predicted molar refractivity (Wildman–Crippen MR) is 95.3 cm³/mol. The molecule has 0 aliphatic carbocycles. The molecule has 2 aromatic carbocycles. The van der Waals surface area contributed by atoms with Crippen LogP contribution >= 0.6 is 23.4 Å². The molecule has 3 atom stereocenters. The molecular formula is C16H12ClNO4S2. The van der Waals surface area contributed by atoms with Crippen molar-refractivity contribution < 1.29 is 13.9 Å². The monoisotopic (exact) mass is 381 g/mol. The van der Waals surface area contributed by atoms with Crippen LogP contribution < -0.4 is 0 Å². The van der Waals surface area contributed by atoms with Gasteiger partial charge in [-0.2, -0.15) is 0 Å². The summed E-state index contributed by atoms with van der Waals surface area (Å²) >= 11 is 7.31. The van der Waals surface area contributed by atoms with Gasteiger partial charge in [-0.1, -0.05) is 41.9 Å². The van der Waals surface area contributed by atoms with Crippen molar-refractivity contribution >= 4 is 45.6 Å². The standard InChI is InChI=1S/C16H12ClNO4S2/c1-24(22)16-14(19)9-5-2-3-8-12(9)23-15(16)10-6-4-7-11(17)13(10)18(20)21/h2-8,15-16H,1H3. The van der Waals surface area contributed by atoms with E-state index in [-0.39, 0.29) is 16.5 Å². The van der Waals surface area contributed by atoms with Crippen molar-refractivity contribution in [1.82, 2.24) is 0 Å². The number of carbonyl (C=O) groups excluding carboxylic acids is 1. The highest BCUT2D eigenvalue weighted by molar-refractivity contribution is 8.01. The number of nitrogens with zero attached hydrogens (tertiary/aromatic N) is 1. The van der Waals surface area contributed by atoms with Gasteiger partial charge >= 0.3 is 0 Å². The molecule has 0 saturated carbocycles. The van der Waals surface area contributed by atoms with Gasteiger partial charge in [0.15, 0.2) is 5.78 Å². The fourth-order valence-corrected chi connectivity index (χ4v) is 5.87. The lowest BCUT2D eigenvalue weighted by molar-refractivity contribution is -0.385. The SMILES string of the molecule is CS(=O)C1C(=O)c2ccccc2SC1c1cccc(Cl)c1[N+](=O)[O-]. The first-order valence-corrected chi connectivity index (χ1v) is 9.84. The highest BCUT2D eigenvalue weighted by Gasteiger charge is 2.42. The number of para-hydroxylation sites is 1. The van der Waals surface area contributed by atoms with Gasteiger partial charge in [0.2, 0.25) is 0 Å². The van der Waals surface area contributed by atoms with Gasteiger partial charge in [0.05, 0.1) is 10.2 Å². The van der Waals surface area contributed by atoms with E-state index in [2.05, 4.69) is 0 Å². The van der Waals surface area contributed by atoms with E-state index < -0.39 is 26.2 Å². The fourth-order valence-electron chi connectivity index (χ4n) is 2.77. The Morgan fingerprint density at radius 3 is 2.58 bits per heavy atom. The Bertz CT molecular complexity index is 871. The first-order chi connectivity index (χ1) is 11.4. The minimum atomic E-state index is -1.48. The van der Waals surface area contributed by atoms with Crippen molar-refractivity contribution in [3.63, 3.8) is 0 Å². The molecule has 124 valence electrons. The summed E-state index contributed by atoms with van der Waals surface area (Å²) in [5, 5.41) is 9.96. The summed E-state index contributed by atoms with van der Waals surface area (Å²) in [5.41, 5.74) is 0.587. The van der Waals surface area contributed by atoms with Crippen LogP contribution in [0, 0.1) is 10.1 Å². The Morgan fingerprint density at radius 1 is 1.21 bits per heavy atom. The molecule has 0 spiro atoms. The first kappa shape index (κ1) is 17.1. The lowest BCUT2D eigenvalue weighted by atomic mass is 9.99. The number of ketones is 1. The predicted octanol–water partition coefficient (Wildman–Crippen LogP) is 4.03. The summed E-state index contributed by atoms with van der Waals surface area (Å²) in [6.45, 7) is 0. The number of fused-ring (bicyclic) bond motifs is 1. The van der Waals surface area contributed by atoms with Gasteiger partial charge in [0.25, 0.3) is 5.69 Å². The molecule has 3 unspecified atom stereocenters. The fraction of sp³-hybridized carbons (Fsp3) is 0.188. The number of hydrogen-bond acceptors (Lipinski definition) is 5. The number of halogens is 1. The second kappa shape index (κ2) is 6.66. The summed E-state index contributed by atoms with van der Waals surface area (Å²) in [6, 6.07) is 11.6. The maximum absolute atomic E-state index is 12.8. The summed E-state index contributed by atoms with van der Waals surface area (Å²) < 4.78 is 12.2. The van der Waals surface area contributed by atoms with Crippen LogP contribution in [0.15, 0.2) is 47.4 Å². The van der Waals surface area contributed by atoms with E-state index >= 15 is 0 Å². The maximum atomic E-state index is 12.8. The van der Waals surface area contributed by atoms with Crippen molar-refractivity contribution in [3.8, 4) is 0 Å². The zero-order valence-electron chi connectivity index (χ0n) is 12.5. The Kier molecular flexibility index (Phi) is 4.76. The summed E-state index contributed by atoms with van der Waals surface area (Å²) in [6.07, 6.45) is 1.44. The van der Waals surface area contributed by atoms with Crippen molar-refractivity contribution in [1.29, 1.82) is 0 Å². The minimum absolute atomic E-state index is 0.00467. The molecule has 3 rings (SSSR count). The van der Waals surface area contributed by atoms with Gasteiger partial charge in [-0.3, -0.25) is 19.1 Å². The molecule has 0 aromatic heterocycles. The Labute approximate surface area is 150 Å². The van der Waals surface area contributed by atoms with Crippen molar-refractivity contribution in [2.24, 2.45) is 0 Å². The number of carbonyl (C=O) groups is 1. The zero-order valence-corrected chi connectivity index (χ0v) is 14.9. The third-order valence-electron chi connectivity index (χ3n) is 3.80. The Hall–Kier alpha value is -1.70. The lowest BCUT2D eigenvalue weighted by Crippen LogP contribution is -2.34. The second-order valence-electron chi connectivity index (χ2n) is 5.25. The number of hydrogen-bond donors (Lipinski definition) is 0. The molecule has 0 amide bonds. The average Bonchev–Trinajstić information content (AvgIpc) is 2.53. The topological polar surface area (TPSA) is 77.3 Å². The average molecular weight is 382 g/mol. The first-order valence-electron chi connectivity index (χ1n) is 6.96. The molecule has 24 heavy (non-hydrogen) atoms. The number of rotatable bonds is 3. The van der Waals surface area contributed by atoms with E-state index in [4.69, 9.17) is 11.6 Å². The zero-order chi connectivity index (χ0) is 17.4. The summed E-state index contributed by atoms with van der Waals surface area (Å²) in [5.74, 6) is -0.260. The van der Waals surface area contributed by atoms with Crippen LogP contribution in [0.2, 0.25) is 5.02 Å². The third-order valence-corrected chi connectivity index (χ3v) is 6.87. The van der Waals surface area contributed by atoms with E-state index in [9.17, 15) is 19.1 Å². The van der Waals surface area contributed by atoms with Crippen LogP contribution in [0.5, 0.6) is 0 Å². The number of nitro groups is 1. The third kappa shape index (κ3) is 2.87. The molecule has 0 N–H and O–H groups in total. The molecule has 5 nitrogen and oxygen atoms in total. The molecular weight excluding hydrogens is 370 g/mol. The Balaban J connectivity index is 2.21. The smallest absolute Gasteiger partial charge is 0.292 e. The van der Waals surface area contributed by atoms with E-state index in [1.54, 1.807) is 36.4 Å². The molecule has 0 radical (unpaired) electrons. The molecule has 0 bridgehead atoms. The van der Waals surface area contributed by atoms with Gasteiger partial charge < -0.3 is 0 Å². The van der Waals surface area contributed by atoms with Crippen LogP contribution in [-0.2, 0) is 10.8 Å². The van der Waals surface area contributed by atoms with Crippen LogP contribution in [0.3, 0.4) is 0 Å². The van der Waals surface area contributed by atoms with Crippen molar-refractivity contribution in [3.05, 3.63) is 68.7 Å². The summed E-state index contributed by atoms with van der Waals surface area (Å²) in [7, 11) is -1.48. The highest BCUT2D eigenvalue weighted by Crippen LogP contribution is 2.49. The Morgan fingerprint density at radius 2 is 1.92 bits per heavy atom. The molecule has 1 heterocycles. The van der Waals surface area contributed by atoms with Gasteiger partial charge in [-0.15, -0.1) is 11.8 Å². The van der Waals surface area contributed by atoms with Gasteiger partial charge in [0.1, 0.15) is 10.3 Å². The number of nitro benzene ring substituents is 1. The molecule has 2 aromatic rings. The van der Waals surface area contributed by atoms with Crippen LogP contribution in [0.1, 0.15) is 21.2 Å². The van der Waals surface area contributed by atoms with E-state index in [0.29, 0.717) is 11.1 Å². The van der Waals surface area contributed by atoms with Gasteiger partial charge in [0, 0.05) is 33.1 Å². The van der Waals surface area contributed by atoms with Crippen LogP contribution in [0.4, 0.5) is 5.69 Å². The second-order valence-corrected chi connectivity index (χ2v) is 8.35. The number of Topliss-reactive ketones (excluding diaryl/α,β-unsaturated/α-hetero) is 1. The normalized spacial score (nSPS) is 21.2. The number of thioether (sulfide) groups is 1. The summed E-state index contributed by atoms with van der Waals surface area (Å²) in [4.78, 5) is 24.4. The highest BCUT2D eigenvalue weighted by atomic mass is 35.5. The van der Waals surface area contributed by atoms with Crippen LogP contribution in [0.25, 0.3) is 0 Å². The molecule has 1 aliphatic rings. The van der Waals surface area contributed by atoms with E-state index in [1.807, 2.05) is 0 Å². The van der Waals surface area contributed by atoms with Crippen molar-refractivity contribution in [2.45, 2.75) is 15.4 Å². The molecule has 0 saturated heterocycles. The lowest BCUT2D eigenvalue weighted by Gasteiger charge is -2.30. The van der Waals surface area contributed by atoms with Gasteiger partial charge in [-0.05, 0) is 12.1 Å². The largest absolute Gasteiger partial charge is 0.293 e. The molecule has 1 aliphatic heterocycles. The van der Waals surface area contributed by atoms with Gasteiger partial charge in [-0.25, -0.2) is 0 Å². The quantitative estimate of drug-likeness (QED) is 0.592. The van der Waals surface area contributed by atoms with E-state index in [1.165, 1.54) is 24.1 Å². The van der Waals surface area contributed by atoms with E-state index in [0.717, 1.165) is 4.90 Å². The molecule has 0 fully saturated rings. The maximum Gasteiger partial charge on any atom is 0.292 e. The number of benzene rings is 2. The minimum Gasteiger partial charge on any atom is -0.293 e. The van der Waals surface area contributed by atoms with Crippen LogP contribution in [-0.4, -0.2) is 26.4 Å². The van der Waals surface area contributed by atoms with Crippen molar-refractivity contribution in [2.75, 3.05) is 6.26 Å².